The van der Waals surface area contributed by atoms with Crippen molar-refractivity contribution in [2.75, 3.05) is 13.2 Å². The van der Waals surface area contributed by atoms with Gasteiger partial charge in [0.05, 0.1) is 0 Å². The molecule has 0 heterocycles. The molecule has 1 aromatic carbocycles. The minimum atomic E-state index is -1.32. The van der Waals surface area contributed by atoms with Crippen molar-refractivity contribution in [3.05, 3.63) is 42.2 Å². The van der Waals surface area contributed by atoms with Crippen LogP contribution >= 0.6 is 0 Å². The molecule has 112 valence electrons. The van der Waals surface area contributed by atoms with Crippen molar-refractivity contribution in [2.24, 2.45) is 0 Å². The predicted octanol–water partition coefficient (Wildman–Crippen LogP) is 0.914. The van der Waals surface area contributed by atoms with Gasteiger partial charge in [-0.1, -0.05) is 6.08 Å². The zero-order chi connectivity index (χ0) is 15.8. The van der Waals surface area contributed by atoms with Crippen LogP contribution < -0.4 is 15.4 Å². The Bertz CT molecular complexity index is 574. The van der Waals surface area contributed by atoms with Crippen molar-refractivity contribution in [2.45, 2.75) is 0 Å². The molecule has 0 bridgehead atoms. The normalized spacial score (nSPS) is 9.57. The van der Waals surface area contributed by atoms with Crippen LogP contribution in [0.15, 0.2) is 30.9 Å². The zero-order valence-electron chi connectivity index (χ0n) is 10.9. The van der Waals surface area contributed by atoms with Gasteiger partial charge in [-0.15, -0.1) is 6.58 Å². The fraction of sp³-hybridized carbons (Fsp3) is 0.154. The molecule has 0 radical (unpaired) electrons. The van der Waals surface area contributed by atoms with Gasteiger partial charge in [0.2, 0.25) is 0 Å². The first-order valence-corrected chi connectivity index (χ1v) is 5.78. The third-order valence-corrected chi connectivity index (χ3v) is 2.19. The maximum Gasteiger partial charge on any atom is 0.339 e. The first-order valence-electron chi connectivity index (χ1n) is 5.78. The molecule has 0 aliphatic heterocycles. The monoisotopic (exact) mass is 296 g/mol. The Kier molecular flexibility index (Phi) is 5.87. The van der Waals surface area contributed by atoms with Gasteiger partial charge in [-0.2, -0.15) is 0 Å². The van der Waals surface area contributed by atoms with E-state index in [0.717, 1.165) is 18.2 Å². The first-order chi connectivity index (χ1) is 9.93. The number of imide groups is 1. The Morgan fingerprint density at radius 2 is 2.10 bits per heavy atom. The van der Waals surface area contributed by atoms with Crippen LogP contribution in [0.5, 0.6) is 5.75 Å². The molecule has 0 saturated carbocycles. The maximum atomic E-state index is 13.0. The summed E-state index contributed by atoms with van der Waals surface area (Å²) in [6.07, 6.45) is 1.42. The summed E-state index contributed by atoms with van der Waals surface area (Å²) in [6, 6.07) is 2.07. The zero-order valence-corrected chi connectivity index (χ0v) is 10.9. The molecule has 21 heavy (non-hydrogen) atoms. The molecule has 0 fully saturated rings. The number of hydrogen-bond donors (Lipinski definition) is 3. The molecular formula is C13H13FN2O5. The number of ether oxygens (including phenoxy) is 1. The molecule has 0 unspecified atom stereocenters. The predicted molar refractivity (Wildman–Crippen MR) is 70.6 cm³/mol. The highest BCUT2D eigenvalue weighted by atomic mass is 19.1. The summed E-state index contributed by atoms with van der Waals surface area (Å²) in [5, 5.41) is 13.1. The molecule has 0 saturated heterocycles. The van der Waals surface area contributed by atoms with Crippen LogP contribution in [0.4, 0.5) is 9.18 Å². The second-order valence-corrected chi connectivity index (χ2v) is 3.78. The third kappa shape index (κ3) is 5.31. The van der Waals surface area contributed by atoms with E-state index in [1.165, 1.54) is 6.08 Å². The molecule has 0 aliphatic carbocycles. The van der Waals surface area contributed by atoms with Gasteiger partial charge < -0.3 is 15.2 Å². The number of rotatable bonds is 6. The van der Waals surface area contributed by atoms with Gasteiger partial charge in [0.25, 0.3) is 5.91 Å². The van der Waals surface area contributed by atoms with Crippen molar-refractivity contribution in [3.63, 3.8) is 0 Å². The van der Waals surface area contributed by atoms with Gasteiger partial charge in [-0.05, 0) is 12.1 Å². The van der Waals surface area contributed by atoms with Crippen molar-refractivity contribution in [1.82, 2.24) is 10.6 Å². The number of carbonyl (C=O) groups is 3. The van der Waals surface area contributed by atoms with Crippen molar-refractivity contribution >= 4 is 17.9 Å². The topological polar surface area (TPSA) is 105 Å². The number of nitrogens with one attached hydrogen (secondary N) is 2. The number of hydrogen-bond acceptors (Lipinski definition) is 4. The lowest BCUT2D eigenvalue weighted by atomic mass is 10.2. The van der Waals surface area contributed by atoms with Crippen LogP contribution in [-0.4, -0.2) is 36.2 Å². The Labute approximate surface area is 119 Å². The Hall–Kier alpha value is -2.90. The van der Waals surface area contributed by atoms with Crippen LogP contribution in [0.1, 0.15) is 10.4 Å². The number of benzene rings is 1. The summed E-state index contributed by atoms with van der Waals surface area (Å²) in [4.78, 5) is 33.4. The quantitative estimate of drug-likeness (QED) is 0.677. The molecule has 7 nitrogen and oxygen atoms in total. The summed E-state index contributed by atoms with van der Waals surface area (Å²) in [5.74, 6) is -3.14. The molecule has 0 aromatic heterocycles. The number of amides is 3. The lowest BCUT2D eigenvalue weighted by molar-refractivity contribution is -0.122. The van der Waals surface area contributed by atoms with Crippen LogP contribution in [0.25, 0.3) is 0 Å². The van der Waals surface area contributed by atoms with E-state index in [1.54, 1.807) is 0 Å². The van der Waals surface area contributed by atoms with Gasteiger partial charge >= 0.3 is 12.0 Å². The fourth-order valence-corrected chi connectivity index (χ4v) is 1.31. The summed E-state index contributed by atoms with van der Waals surface area (Å²) < 4.78 is 18.0. The number of halogens is 1. The molecular weight excluding hydrogens is 283 g/mol. The van der Waals surface area contributed by atoms with E-state index in [0.29, 0.717) is 0 Å². The Morgan fingerprint density at radius 1 is 1.38 bits per heavy atom. The third-order valence-electron chi connectivity index (χ3n) is 2.19. The smallest absolute Gasteiger partial charge is 0.339 e. The molecule has 0 aliphatic rings. The van der Waals surface area contributed by atoms with Crippen molar-refractivity contribution in [3.8, 4) is 5.75 Å². The standard InChI is InChI=1S/C13H13FN2O5/c1-2-5-15-13(20)16-11(17)7-21-10-6-8(14)3-4-9(10)12(18)19/h2-4,6H,1,5,7H2,(H,18,19)(H2,15,16,17,20). The Balaban J connectivity index is 2.60. The van der Waals surface area contributed by atoms with E-state index in [2.05, 4.69) is 11.9 Å². The van der Waals surface area contributed by atoms with Gasteiger partial charge in [0.15, 0.2) is 6.61 Å². The molecule has 3 amide bonds. The molecule has 1 aromatic rings. The molecule has 8 heteroatoms. The van der Waals surface area contributed by atoms with E-state index in [9.17, 15) is 18.8 Å². The van der Waals surface area contributed by atoms with E-state index in [4.69, 9.17) is 9.84 Å². The van der Waals surface area contributed by atoms with Crippen molar-refractivity contribution in [1.29, 1.82) is 0 Å². The second-order valence-electron chi connectivity index (χ2n) is 3.78. The molecule has 0 atom stereocenters. The Morgan fingerprint density at radius 3 is 2.71 bits per heavy atom. The van der Waals surface area contributed by atoms with Crippen molar-refractivity contribution < 1.29 is 28.6 Å². The highest BCUT2D eigenvalue weighted by Crippen LogP contribution is 2.19. The maximum absolute atomic E-state index is 13.0. The summed E-state index contributed by atoms with van der Waals surface area (Å²) >= 11 is 0. The summed E-state index contributed by atoms with van der Waals surface area (Å²) in [5.41, 5.74) is -0.291. The van der Waals surface area contributed by atoms with Crippen LogP contribution in [-0.2, 0) is 4.79 Å². The van der Waals surface area contributed by atoms with Crippen LogP contribution in [0, 0.1) is 5.82 Å². The lowest BCUT2D eigenvalue weighted by Crippen LogP contribution is -2.41. The first kappa shape index (κ1) is 16.2. The van der Waals surface area contributed by atoms with E-state index in [-0.39, 0.29) is 17.9 Å². The van der Waals surface area contributed by atoms with Crippen LogP contribution in [0.3, 0.4) is 0 Å². The average Bonchev–Trinajstić information content (AvgIpc) is 2.42. The molecule has 3 N–H and O–H groups in total. The average molecular weight is 296 g/mol. The summed E-state index contributed by atoms with van der Waals surface area (Å²) in [6.45, 7) is 2.92. The van der Waals surface area contributed by atoms with E-state index in [1.807, 2.05) is 5.32 Å². The van der Waals surface area contributed by atoms with E-state index < -0.39 is 30.3 Å². The number of carboxylic acids is 1. The van der Waals surface area contributed by atoms with Gasteiger partial charge in [-0.3, -0.25) is 10.1 Å². The van der Waals surface area contributed by atoms with Gasteiger partial charge in [0, 0.05) is 12.6 Å². The fourth-order valence-electron chi connectivity index (χ4n) is 1.31. The highest BCUT2D eigenvalue weighted by molar-refractivity contribution is 5.95. The second kappa shape index (κ2) is 7.63. The SMILES string of the molecule is C=CCNC(=O)NC(=O)COc1cc(F)ccc1C(=O)O. The largest absolute Gasteiger partial charge is 0.483 e. The minimum absolute atomic E-state index is 0.174. The lowest BCUT2D eigenvalue weighted by Gasteiger charge is -2.09. The minimum Gasteiger partial charge on any atom is -0.483 e. The van der Waals surface area contributed by atoms with Gasteiger partial charge in [-0.25, -0.2) is 14.0 Å². The number of carbonyl (C=O) groups excluding carboxylic acids is 2. The summed E-state index contributed by atoms with van der Waals surface area (Å²) in [7, 11) is 0. The number of aromatic carboxylic acids is 1. The highest BCUT2D eigenvalue weighted by Gasteiger charge is 2.14. The van der Waals surface area contributed by atoms with E-state index >= 15 is 0 Å². The number of urea groups is 1. The number of carboxylic acid groups (broad SMARTS) is 1. The van der Waals surface area contributed by atoms with Crippen LogP contribution in [0.2, 0.25) is 0 Å². The molecule has 1 rings (SSSR count). The van der Waals surface area contributed by atoms with Gasteiger partial charge in [0.1, 0.15) is 17.1 Å². The molecule has 0 spiro atoms.